The van der Waals surface area contributed by atoms with Crippen LogP contribution in [0.3, 0.4) is 0 Å². The number of hydrogen-bond acceptors (Lipinski definition) is 3. The maximum atomic E-state index is 15.4. The van der Waals surface area contributed by atoms with E-state index in [4.69, 9.17) is 14.2 Å². The number of rotatable bonds is 15. The van der Waals surface area contributed by atoms with Crippen LogP contribution < -0.4 is 26.6 Å². The van der Waals surface area contributed by atoms with Gasteiger partial charge in [-0.25, -0.2) is 87.8 Å². The minimum Gasteiger partial charge on any atom is -0.486 e. The molecule has 0 aromatic heterocycles. The lowest BCUT2D eigenvalue weighted by Crippen LogP contribution is -2.81. The summed E-state index contributed by atoms with van der Waals surface area (Å²) in [5.74, 6) is -70.5. The Hall–Kier alpha value is -6.73. The summed E-state index contributed by atoms with van der Waals surface area (Å²) in [6.45, 7) is 4.98. The Morgan fingerprint density at radius 1 is 0.315 bits per heavy atom. The lowest BCUT2D eigenvalue weighted by atomic mass is 9.12. The monoisotopic (exact) mass is 1070 g/mol. The average molecular weight is 1070 g/mol. The number of hydrogen-bond donors (Lipinski definition) is 0. The fraction of sp³-hybridized carbons (Fsp3) is 0.125. The number of benzene rings is 7. The molecule has 0 aliphatic carbocycles. The van der Waals surface area contributed by atoms with Crippen LogP contribution in [0.5, 0.6) is 5.75 Å². The van der Waals surface area contributed by atoms with Gasteiger partial charge in [0.2, 0.25) is 4.90 Å². The second-order valence-corrected chi connectivity index (χ2v) is 16.8. The Labute approximate surface area is 401 Å². The van der Waals surface area contributed by atoms with E-state index in [0.29, 0.717) is 33.0 Å². The summed E-state index contributed by atoms with van der Waals surface area (Å²) in [4.78, 5) is 3.74. The highest BCUT2D eigenvalue weighted by Crippen LogP contribution is 2.37. The third kappa shape index (κ3) is 10.0. The summed E-state index contributed by atoms with van der Waals surface area (Å²) in [7, 11) is -0.224. The van der Waals surface area contributed by atoms with Crippen LogP contribution in [0.1, 0.15) is 6.92 Å². The Bertz CT molecular complexity index is 2750. The van der Waals surface area contributed by atoms with Crippen molar-refractivity contribution in [3.8, 4) is 5.75 Å². The van der Waals surface area contributed by atoms with Crippen molar-refractivity contribution in [2.75, 3.05) is 33.0 Å². The highest BCUT2D eigenvalue weighted by atomic mass is 32.2. The molecule has 0 spiro atoms. The van der Waals surface area contributed by atoms with Gasteiger partial charge in [-0.2, -0.15) is 0 Å². The van der Waals surface area contributed by atoms with Crippen molar-refractivity contribution >= 4 is 38.9 Å². The molecule has 0 amide bonds. The van der Waals surface area contributed by atoms with Crippen molar-refractivity contribution in [2.24, 2.45) is 0 Å². The van der Waals surface area contributed by atoms with Crippen LogP contribution in [-0.2, 0) is 20.4 Å². The van der Waals surface area contributed by atoms with E-state index < -0.39 is 144 Å². The van der Waals surface area contributed by atoms with E-state index >= 15 is 35.1 Å². The molecule has 7 aromatic rings. The summed E-state index contributed by atoms with van der Waals surface area (Å²) in [6.07, 6.45) is -7.22. The van der Waals surface area contributed by atoms with Gasteiger partial charge in [0.15, 0.2) is 85.3 Å². The van der Waals surface area contributed by atoms with Gasteiger partial charge in [-0.3, -0.25) is 0 Å². The molecule has 386 valence electrons. The van der Waals surface area contributed by atoms with Crippen LogP contribution in [0.2, 0.25) is 0 Å². The van der Waals surface area contributed by atoms with Crippen LogP contribution >= 0.6 is 0 Å². The third-order valence-corrected chi connectivity index (χ3v) is 13.1. The predicted octanol–water partition coefficient (Wildman–Crippen LogP) is 11.1. The van der Waals surface area contributed by atoms with E-state index in [2.05, 4.69) is 72.8 Å². The summed E-state index contributed by atoms with van der Waals surface area (Å²) in [6, 6.07) is 29.5. The molecule has 0 aliphatic heterocycles. The van der Waals surface area contributed by atoms with Gasteiger partial charge in [0.25, 0.3) is 0 Å². The van der Waals surface area contributed by atoms with E-state index in [-0.39, 0.29) is 10.9 Å². The van der Waals surface area contributed by atoms with Crippen molar-refractivity contribution in [1.29, 1.82) is 0 Å². The first-order chi connectivity index (χ1) is 34.6. The van der Waals surface area contributed by atoms with Gasteiger partial charge in [-0.05, 0) is 43.3 Å². The quantitative estimate of drug-likeness (QED) is 0.0256. The molecule has 0 heterocycles. The van der Waals surface area contributed by atoms with Gasteiger partial charge in [-0.15, -0.1) is 21.9 Å². The molecule has 0 radical (unpaired) electrons. The highest BCUT2D eigenvalue weighted by molar-refractivity contribution is 7.97. The maximum absolute atomic E-state index is 15.4. The Balaban J connectivity index is 0.000000265. The van der Waals surface area contributed by atoms with E-state index in [1.807, 2.05) is 19.1 Å². The Kier molecular flexibility index (Phi) is 17.5. The molecule has 0 aliphatic rings. The van der Waals surface area contributed by atoms with E-state index in [1.165, 1.54) is 14.7 Å². The molecule has 3 nitrogen and oxygen atoms in total. The molecular formula is C48H27BF20O3S. The molecule has 0 fully saturated rings. The van der Waals surface area contributed by atoms with Crippen molar-refractivity contribution in [3.05, 3.63) is 201 Å². The molecule has 0 unspecified atom stereocenters. The molecule has 7 aromatic carbocycles. The minimum atomic E-state index is -7.22. The first kappa shape index (κ1) is 55.6. The highest BCUT2D eigenvalue weighted by Gasteiger charge is 2.52. The standard InChI is InChI=1S/C24BF20.C24H27O3S/c26-5-1(6(27)14(35)21(42)13(5)34)25(2-7(28)15(36)22(43)16(37)8(2)29,3-9(30)17(38)23(44)18(39)10(3)31)4-11(32)19(40)24(45)20(41)12(4)33;1-2-25-17-18-26-19-20-27-23-15-9-10-16-24(23)28(21-11-5-3-6-12-21)22-13-7-4-8-14-22/h;3-16H,2,17-20H2,1H3/q-1;+1. The van der Waals surface area contributed by atoms with Gasteiger partial charge in [-0.1, -0.05) is 48.5 Å². The molecule has 0 saturated carbocycles. The van der Waals surface area contributed by atoms with Crippen LogP contribution in [0.4, 0.5) is 87.8 Å². The van der Waals surface area contributed by atoms with Gasteiger partial charge in [0, 0.05) is 6.61 Å². The molecule has 0 atom stereocenters. The van der Waals surface area contributed by atoms with Crippen molar-refractivity contribution in [1.82, 2.24) is 0 Å². The normalized spacial score (nSPS) is 11.6. The number of ether oxygens (including phenoxy) is 3. The molecule has 0 N–H and O–H groups in total. The second-order valence-electron chi connectivity index (χ2n) is 14.8. The first-order valence-electron chi connectivity index (χ1n) is 20.6. The fourth-order valence-electron chi connectivity index (χ4n) is 7.69. The van der Waals surface area contributed by atoms with E-state index in [9.17, 15) is 52.7 Å². The Morgan fingerprint density at radius 2 is 0.575 bits per heavy atom. The zero-order valence-electron chi connectivity index (χ0n) is 36.4. The van der Waals surface area contributed by atoms with Gasteiger partial charge in [0.05, 0.1) is 19.8 Å². The second kappa shape index (κ2) is 23.0. The zero-order chi connectivity index (χ0) is 53.8. The first-order valence-corrected chi connectivity index (χ1v) is 21.8. The summed E-state index contributed by atoms with van der Waals surface area (Å²) >= 11 is 0. The molecule has 0 bridgehead atoms. The molecule has 7 rings (SSSR count). The van der Waals surface area contributed by atoms with Crippen molar-refractivity contribution in [2.45, 2.75) is 21.6 Å². The topological polar surface area (TPSA) is 27.7 Å². The minimum absolute atomic E-state index is 0.224. The van der Waals surface area contributed by atoms with E-state index in [1.54, 1.807) is 0 Å². The van der Waals surface area contributed by atoms with Crippen molar-refractivity contribution in [3.63, 3.8) is 0 Å². The lowest BCUT2D eigenvalue weighted by molar-refractivity contribution is 0.0401. The SMILES string of the molecule is CCOCCOCCOc1ccccc1[S+](c1ccccc1)c1ccccc1.Fc1c(F)c(F)c([B-](c2c(F)c(F)c(F)c(F)c2F)(c2c(F)c(F)c(F)c(F)c2F)c2c(F)c(F)c(F)c(F)c2F)c(F)c1F. The van der Waals surface area contributed by atoms with Crippen LogP contribution in [0.25, 0.3) is 0 Å². The van der Waals surface area contributed by atoms with Crippen LogP contribution in [-0.4, -0.2) is 39.2 Å². The van der Waals surface area contributed by atoms with Gasteiger partial charge >= 0.3 is 0 Å². The predicted molar refractivity (Wildman–Crippen MR) is 224 cm³/mol. The molecular weight excluding hydrogens is 1050 g/mol. The third-order valence-electron chi connectivity index (χ3n) is 10.8. The average Bonchev–Trinajstić information content (AvgIpc) is 3.39. The lowest BCUT2D eigenvalue weighted by Gasteiger charge is -2.44. The van der Waals surface area contributed by atoms with Gasteiger partial charge < -0.3 is 14.2 Å². The summed E-state index contributed by atoms with van der Waals surface area (Å²) in [5.41, 5.74) is -14.3. The Morgan fingerprint density at radius 3 is 0.890 bits per heavy atom. The maximum Gasteiger partial charge on any atom is 0.208 e. The van der Waals surface area contributed by atoms with Gasteiger partial charge in [0.1, 0.15) is 70.2 Å². The zero-order valence-corrected chi connectivity index (χ0v) is 37.2. The summed E-state index contributed by atoms with van der Waals surface area (Å²) < 4.78 is 311. The fourth-order valence-corrected chi connectivity index (χ4v) is 9.87. The smallest absolute Gasteiger partial charge is 0.208 e. The largest absolute Gasteiger partial charge is 0.486 e. The van der Waals surface area contributed by atoms with Crippen LogP contribution in [0, 0.1) is 116 Å². The molecule has 0 saturated heterocycles. The van der Waals surface area contributed by atoms with Crippen LogP contribution in [0.15, 0.2) is 99.6 Å². The number of para-hydroxylation sites is 1. The number of halogens is 20. The van der Waals surface area contributed by atoms with Crippen molar-refractivity contribution < 1.29 is 102 Å². The van der Waals surface area contributed by atoms with E-state index in [0.717, 1.165) is 5.75 Å². The molecule has 25 heteroatoms. The summed E-state index contributed by atoms with van der Waals surface area (Å²) in [5, 5.41) is 0. The molecule has 73 heavy (non-hydrogen) atoms.